The number of aliphatic hydroxyl groups is 3. The molecule has 1 aliphatic heterocycles. The van der Waals surface area contributed by atoms with Crippen molar-refractivity contribution in [2.75, 3.05) is 6.61 Å². The maximum absolute atomic E-state index is 12.6. The van der Waals surface area contributed by atoms with Crippen LogP contribution in [0.3, 0.4) is 0 Å². The smallest absolute Gasteiger partial charge is 0.338 e. The second kappa shape index (κ2) is 10.5. The molecular weight excluding hydrogens is 472 g/mol. The fourth-order valence-corrected chi connectivity index (χ4v) is 3.23. The first-order valence-corrected chi connectivity index (χ1v) is 10.0. The minimum atomic E-state index is -1.92. The Morgan fingerprint density at radius 1 is 0.886 bits per heavy atom. The van der Waals surface area contributed by atoms with E-state index in [9.17, 15) is 50.4 Å². The van der Waals surface area contributed by atoms with E-state index >= 15 is 0 Å². The van der Waals surface area contributed by atoms with Crippen molar-refractivity contribution in [2.45, 2.75) is 30.7 Å². The van der Waals surface area contributed by atoms with E-state index < -0.39 is 77.8 Å². The summed E-state index contributed by atoms with van der Waals surface area (Å²) in [5.41, 5.74) is -0.139. The van der Waals surface area contributed by atoms with Gasteiger partial charge in [0.1, 0.15) is 12.2 Å². The Hall–Kier alpha value is -4.04. The fraction of sp³-hybridized carbons (Fsp3) is 0.273. The van der Waals surface area contributed by atoms with Crippen molar-refractivity contribution in [3.05, 3.63) is 47.5 Å². The van der Waals surface area contributed by atoms with E-state index in [0.29, 0.717) is 5.56 Å². The number of carbonyl (C=O) groups excluding carboxylic acids is 2. The molecule has 1 heterocycles. The molecule has 1 aliphatic rings. The Bertz CT molecular complexity index is 1110. The SMILES string of the molecule is O=C(/C=C/c1ccc(O)c(O)c1)O[C@@H]1[C@@H](O)[C@H](O)O[C@H](CO)[C@H]1OC(=O)c1cc(O)c(O)c(O)c1. The van der Waals surface area contributed by atoms with E-state index in [0.717, 1.165) is 24.3 Å². The van der Waals surface area contributed by atoms with E-state index in [2.05, 4.69) is 0 Å². The van der Waals surface area contributed by atoms with Crippen LogP contribution in [-0.2, 0) is 19.0 Å². The Morgan fingerprint density at radius 3 is 2.14 bits per heavy atom. The molecule has 0 spiro atoms. The van der Waals surface area contributed by atoms with Gasteiger partial charge in [0.15, 0.2) is 47.2 Å². The lowest BCUT2D eigenvalue weighted by molar-refractivity contribution is -0.288. The largest absolute Gasteiger partial charge is 0.504 e. The molecule has 0 amide bonds. The fourth-order valence-electron chi connectivity index (χ4n) is 3.23. The summed E-state index contributed by atoms with van der Waals surface area (Å²) >= 11 is 0. The highest BCUT2D eigenvalue weighted by atomic mass is 16.7. The predicted molar refractivity (Wildman–Crippen MR) is 113 cm³/mol. The summed E-state index contributed by atoms with van der Waals surface area (Å²) in [4.78, 5) is 24.9. The molecule has 188 valence electrons. The van der Waals surface area contributed by atoms with E-state index in [1.54, 1.807) is 0 Å². The highest BCUT2D eigenvalue weighted by Crippen LogP contribution is 2.36. The first-order chi connectivity index (χ1) is 16.5. The summed E-state index contributed by atoms with van der Waals surface area (Å²) < 4.78 is 15.3. The molecule has 0 aliphatic carbocycles. The van der Waals surface area contributed by atoms with Gasteiger partial charge in [-0.1, -0.05) is 6.07 Å². The summed E-state index contributed by atoms with van der Waals surface area (Å²) in [6, 6.07) is 5.26. The number of aromatic hydroxyl groups is 5. The second-order valence-corrected chi connectivity index (χ2v) is 7.45. The van der Waals surface area contributed by atoms with Crippen molar-refractivity contribution in [3.63, 3.8) is 0 Å². The molecule has 1 fully saturated rings. The molecule has 35 heavy (non-hydrogen) atoms. The number of ether oxygens (including phenoxy) is 3. The number of aliphatic hydroxyl groups excluding tert-OH is 3. The molecular formula is C22H22O13. The molecule has 0 aromatic heterocycles. The number of rotatable bonds is 6. The first-order valence-electron chi connectivity index (χ1n) is 10.0. The normalized spacial score (nSPS) is 24.3. The lowest BCUT2D eigenvalue weighted by Crippen LogP contribution is -2.61. The minimum absolute atomic E-state index is 0.299. The van der Waals surface area contributed by atoms with Gasteiger partial charge in [0.05, 0.1) is 12.2 Å². The standard InChI is InChI=1S/C22H22O13/c23-8-15-19(35-21(31)10-6-13(26)17(29)14(27)7-10)20(18(30)22(32)33-15)34-16(28)4-2-9-1-3-11(24)12(25)5-9/h1-7,15,18-20,22-27,29-30,32H,8H2/b4-2+/t15-,18-,19-,20-,22-/m1/s1. The Labute approximate surface area is 196 Å². The minimum Gasteiger partial charge on any atom is -0.504 e. The van der Waals surface area contributed by atoms with Gasteiger partial charge in [0, 0.05) is 6.08 Å². The van der Waals surface area contributed by atoms with Crippen LogP contribution in [0.15, 0.2) is 36.4 Å². The van der Waals surface area contributed by atoms with Gasteiger partial charge in [0.25, 0.3) is 0 Å². The quantitative estimate of drug-likeness (QED) is 0.143. The Kier molecular flexibility index (Phi) is 7.66. The molecule has 0 saturated carbocycles. The maximum atomic E-state index is 12.6. The van der Waals surface area contributed by atoms with Gasteiger partial charge in [-0.3, -0.25) is 0 Å². The van der Waals surface area contributed by atoms with Crippen molar-refractivity contribution < 1.29 is 64.7 Å². The van der Waals surface area contributed by atoms with Crippen LogP contribution < -0.4 is 0 Å². The maximum Gasteiger partial charge on any atom is 0.338 e. The molecule has 8 N–H and O–H groups in total. The third kappa shape index (κ3) is 5.73. The third-order valence-electron chi connectivity index (χ3n) is 5.03. The first kappa shape index (κ1) is 25.6. The zero-order valence-corrected chi connectivity index (χ0v) is 17.8. The zero-order chi connectivity index (χ0) is 25.9. The monoisotopic (exact) mass is 494 g/mol. The van der Waals surface area contributed by atoms with Gasteiger partial charge in [-0.2, -0.15) is 0 Å². The Balaban J connectivity index is 1.81. The average Bonchev–Trinajstić information content (AvgIpc) is 2.82. The van der Waals surface area contributed by atoms with Crippen LogP contribution in [0.1, 0.15) is 15.9 Å². The van der Waals surface area contributed by atoms with Crippen LogP contribution in [-0.4, -0.2) is 90.1 Å². The van der Waals surface area contributed by atoms with Crippen LogP contribution in [0.25, 0.3) is 6.08 Å². The van der Waals surface area contributed by atoms with E-state index in [1.807, 2.05) is 0 Å². The molecule has 2 aromatic carbocycles. The van der Waals surface area contributed by atoms with Crippen molar-refractivity contribution in [3.8, 4) is 28.7 Å². The summed E-state index contributed by atoms with van der Waals surface area (Å²) in [7, 11) is 0. The molecule has 5 atom stereocenters. The van der Waals surface area contributed by atoms with Gasteiger partial charge < -0.3 is 55.1 Å². The second-order valence-electron chi connectivity index (χ2n) is 7.45. The third-order valence-corrected chi connectivity index (χ3v) is 5.03. The summed E-state index contributed by atoms with van der Waals surface area (Å²) in [5.74, 6) is -5.66. The van der Waals surface area contributed by atoms with Gasteiger partial charge in [-0.25, -0.2) is 9.59 Å². The van der Waals surface area contributed by atoms with Gasteiger partial charge in [-0.05, 0) is 35.9 Å². The van der Waals surface area contributed by atoms with Gasteiger partial charge in [-0.15, -0.1) is 0 Å². The Morgan fingerprint density at radius 2 is 1.54 bits per heavy atom. The average molecular weight is 494 g/mol. The molecule has 13 heteroatoms. The number of hydrogen-bond acceptors (Lipinski definition) is 13. The molecule has 2 aromatic rings. The number of carbonyl (C=O) groups is 2. The highest BCUT2D eigenvalue weighted by molar-refractivity contribution is 5.91. The number of phenolic OH excluding ortho intramolecular Hbond substituents is 5. The van der Waals surface area contributed by atoms with Crippen molar-refractivity contribution >= 4 is 18.0 Å². The lowest BCUT2D eigenvalue weighted by Gasteiger charge is -2.41. The summed E-state index contributed by atoms with van der Waals surface area (Å²) in [6.07, 6.45) is -6.57. The van der Waals surface area contributed by atoms with Crippen LogP contribution in [0, 0.1) is 0 Å². The molecule has 13 nitrogen and oxygen atoms in total. The van der Waals surface area contributed by atoms with Crippen molar-refractivity contribution in [1.29, 1.82) is 0 Å². The molecule has 0 bridgehead atoms. The lowest BCUT2D eigenvalue weighted by atomic mass is 9.98. The van der Waals surface area contributed by atoms with E-state index in [1.165, 1.54) is 18.2 Å². The highest BCUT2D eigenvalue weighted by Gasteiger charge is 2.49. The topological polar surface area (TPSA) is 224 Å². The zero-order valence-electron chi connectivity index (χ0n) is 17.8. The number of esters is 2. The predicted octanol–water partition coefficient (Wildman–Crippen LogP) is -0.564. The number of benzene rings is 2. The number of hydrogen-bond donors (Lipinski definition) is 8. The number of phenols is 5. The van der Waals surface area contributed by atoms with Crippen LogP contribution >= 0.6 is 0 Å². The summed E-state index contributed by atoms with van der Waals surface area (Å²) in [5, 5.41) is 77.3. The van der Waals surface area contributed by atoms with Gasteiger partial charge >= 0.3 is 11.9 Å². The van der Waals surface area contributed by atoms with Crippen molar-refractivity contribution in [2.24, 2.45) is 0 Å². The van der Waals surface area contributed by atoms with Crippen LogP contribution in [0.4, 0.5) is 0 Å². The molecule has 0 radical (unpaired) electrons. The summed E-state index contributed by atoms with van der Waals surface area (Å²) in [6.45, 7) is -0.829. The van der Waals surface area contributed by atoms with Crippen LogP contribution in [0.2, 0.25) is 0 Å². The molecule has 1 saturated heterocycles. The van der Waals surface area contributed by atoms with E-state index in [-0.39, 0.29) is 5.75 Å². The van der Waals surface area contributed by atoms with E-state index in [4.69, 9.17) is 14.2 Å². The van der Waals surface area contributed by atoms with Crippen LogP contribution in [0.5, 0.6) is 28.7 Å². The molecule has 0 unspecified atom stereocenters. The van der Waals surface area contributed by atoms with Crippen molar-refractivity contribution in [1.82, 2.24) is 0 Å². The van der Waals surface area contributed by atoms with Gasteiger partial charge in [0.2, 0.25) is 0 Å². The molecule has 3 rings (SSSR count).